The average Bonchev–Trinajstić information content (AvgIpc) is 2.62. The van der Waals surface area contributed by atoms with Crippen LogP contribution in [-0.2, 0) is 11.3 Å². The minimum Gasteiger partial charge on any atom is -0.404 e. The number of hydrogen-bond acceptors (Lipinski definition) is 5. The van der Waals surface area contributed by atoms with E-state index in [0.29, 0.717) is 23.4 Å². The Morgan fingerprint density at radius 1 is 1.25 bits per heavy atom. The third-order valence-corrected chi connectivity index (χ3v) is 3.37. The first-order chi connectivity index (χ1) is 11.7. The first-order valence-corrected chi connectivity index (χ1v) is 7.32. The van der Waals surface area contributed by atoms with Crippen LogP contribution in [0.5, 0.6) is 0 Å². The number of aromatic nitrogens is 1. The van der Waals surface area contributed by atoms with E-state index in [1.165, 1.54) is 12.3 Å². The molecule has 1 aromatic carbocycles. The van der Waals surface area contributed by atoms with Gasteiger partial charge in [0.05, 0.1) is 0 Å². The van der Waals surface area contributed by atoms with Crippen molar-refractivity contribution in [2.24, 2.45) is 11.5 Å². The Labute approximate surface area is 140 Å². The van der Waals surface area contributed by atoms with E-state index in [1.54, 1.807) is 36.7 Å². The van der Waals surface area contributed by atoms with Crippen molar-refractivity contribution in [3.8, 4) is 0 Å². The number of hydrogen-bond donors (Lipinski definition) is 4. The van der Waals surface area contributed by atoms with E-state index in [-0.39, 0.29) is 5.91 Å². The summed E-state index contributed by atoms with van der Waals surface area (Å²) in [6.45, 7) is 0.460. The smallest absolute Gasteiger partial charge is 0.248 e. The fourth-order valence-electron chi connectivity index (χ4n) is 2.09. The van der Waals surface area contributed by atoms with Crippen LogP contribution in [0, 0.1) is 5.41 Å². The van der Waals surface area contributed by atoms with Gasteiger partial charge < -0.3 is 22.2 Å². The van der Waals surface area contributed by atoms with Gasteiger partial charge in [-0.15, -0.1) is 0 Å². The van der Waals surface area contributed by atoms with E-state index in [2.05, 4.69) is 10.3 Å². The summed E-state index contributed by atoms with van der Waals surface area (Å²) in [6, 6.07) is 9.07. The van der Waals surface area contributed by atoms with E-state index in [9.17, 15) is 4.79 Å². The number of allylic oxidation sites excluding steroid dienone is 1. The van der Waals surface area contributed by atoms with Crippen LogP contribution in [0.2, 0.25) is 0 Å². The van der Waals surface area contributed by atoms with Crippen LogP contribution in [0.4, 0.5) is 5.69 Å². The van der Waals surface area contributed by atoms with E-state index < -0.39 is 0 Å². The van der Waals surface area contributed by atoms with Crippen molar-refractivity contribution in [3.63, 3.8) is 0 Å². The van der Waals surface area contributed by atoms with Gasteiger partial charge in [-0.2, -0.15) is 0 Å². The summed E-state index contributed by atoms with van der Waals surface area (Å²) in [4.78, 5) is 16.1. The summed E-state index contributed by atoms with van der Waals surface area (Å²) in [6.07, 6.45) is 8.78. The number of nitrogens with zero attached hydrogens (tertiary/aromatic N) is 1. The van der Waals surface area contributed by atoms with Gasteiger partial charge in [0, 0.05) is 54.3 Å². The average molecular weight is 321 g/mol. The highest BCUT2D eigenvalue weighted by Gasteiger charge is 2.04. The third-order valence-electron chi connectivity index (χ3n) is 3.37. The van der Waals surface area contributed by atoms with Crippen molar-refractivity contribution in [3.05, 3.63) is 71.7 Å². The van der Waals surface area contributed by atoms with Crippen LogP contribution >= 0.6 is 0 Å². The number of benzene rings is 1. The van der Waals surface area contributed by atoms with Gasteiger partial charge in [0.25, 0.3) is 0 Å². The maximum Gasteiger partial charge on any atom is 0.248 e. The van der Waals surface area contributed by atoms with Crippen molar-refractivity contribution in [1.82, 2.24) is 4.98 Å². The summed E-state index contributed by atoms with van der Waals surface area (Å²) in [5.41, 5.74) is 14.7. The Balaban J connectivity index is 2.12. The Morgan fingerprint density at radius 3 is 2.62 bits per heavy atom. The molecular weight excluding hydrogens is 302 g/mol. The van der Waals surface area contributed by atoms with Gasteiger partial charge in [0.1, 0.15) is 0 Å². The number of rotatable bonds is 6. The van der Waals surface area contributed by atoms with Gasteiger partial charge in [0.2, 0.25) is 5.91 Å². The molecular formula is C18H19N5O. The number of nitrogens with one attached hydrogen (secondary N) is 2. The third kappa shape index (κ3) is 4.37. The molecule has 0 aliphatic rings. The monoisotopic (exact) mass is 321 g/mol. The SMILES string of the molecule is N=C/C(=C\N)c1ccncc1/C=C/C(=O)Nc1ccc(CN)cc1. The van der Waals surface area contributed by atoms with E-state index in [0.717, 1.165) is 17.3 Å². The van der Waals surface area contributed by atoms with Crippen LogP contribution in [0.15, 0.2) is 55.0 Å². The van der Waals surface area contributed by atoms with Gasteiger partial charge in [-0.25, -0.2) is 0 Å². The van der Waals surface area contributed by atoms with E-state index in [4.69, 9.17) is 16.9 Å². The number of amides is 1. The summed E-state index contributed by atoms with van der Waals surface area (Å²) in [5, 5.41) is 10.2. The predicted molar refractivity (Wildman–Crippen MR) is 97.2 cm³/mol. The molecule has 1 aromatic heterocycles. The molecule has 0 saturated carbocycles. The topological polar surface area (TPSA) is 118 Å². The zero-order valence-corrected chi connectivity index (χ0v) is 13.1. The van der Waals surface area contributed by atoms with Crippen LogP contribution in [0.25, 0.3) is 11.6 Å². The van der Waals surface area contributed by atoms with Crippen LogP contribution in [0.3, 0.4) is 0 Å². The van der Waals surface area contributed by atoms with Crippen molar-refractivity contribution in [2.45, 2.75) is 6.54 Å². The maximum atomic E-state index is 12.0. The number of anilines is 1. The first kappa shape index (κ1) is 17.1. The quantitative estimate of drug-likeness (QED) is 0.481. The Hall–Kier alpha value is -3.25. The fraction of sp³-hybridized carbons (Fsp3) is 0.0556. The standard InChI is InChI=1S/C18H19N5O/c19-9-13-1-4-16(5-2-13)23-18(24)6-3-14-12-22-8-7-17(14)15(10-20)11-21/h1-8,10-12,20H,9,19,21H2,(H,23,24)/b6-3+,15-11+,20-10?. The van der Waals surface area contributed by atoms with Crippen molar-refractivity contribution >= 4 is 29.5 Å². The van der Waals surface area contributed by atoms with Gasteiger partial charge in [-0.1, -0.05) is 12.1 Å². The first-order valence-electron chi connectivity index (χ1n) is 7.32. The highest BCUT2D eigenvalue weighted by Crippen LogP contribution is 2.17. The molecule has 0 spiro atoms. The Morgan fingerprint density at radius 2 is 2.00 bits per heavy atom. The van der Waals surface area contributed by atoms with Gasteiger partial charge in [-0.3, -0.25) is 9.78 Å². The molecule has 122 valence electrons. The molecule has 6 heteroatoms. The zero-order chi connectivity index (χ0) is 17.4. The molecule has 1 heterocycles. The Bertz CT molecular complexity index is 778. The summed E-state index contributed by atoms with van der Waals surface area (Å²) >= 11 is 0. The van der Waals surface area contributed by atoms with Crippen LogP contribution in [-0.4, -0.2) is 17.1 Å². The molecule has 0 unspecified atom stereocenters. The molecule has 0 aliphatic carbocycles. The molecule has 0 aliphatic heterocycles. The van der Waals surface area contributed by atoms with E-state index >= 15 is 0 Å². The highest BCUT2D eigenvalue weighted by atomic mass is 16.1. The van der Waals surface area contributed by atoms with Crippen molar-refractivity contribution < 1.29 is 4.79 Å². The molecule has 0 fully saturated rings. The number of nitrogens with two attached hydrogens (primary N) is 2. The second-order valence-corrected chi connectivity index (χ2v) is 4.95. The lowest BCUT2D eigenvalue weighted by atomic mass is 10.0. The molecule has 0 radical (unpaired) electrons. The molecule has 24 heavy (non-hydrogen) atoms. The molecule has 0 atom stereocenters. The van der Waals surface area contributed by atoms with Gasteiger partial charge in [0.15, 0.2) is 0 Å². The van der Waals surface area contributed by atoms with Crippen LogP contribution in [0.1, 0.15) is 16.7 Å². The summed E-state index contributed by atoms with van der Waals surface area (Å²) in [7, 11) is 0. The molecule has 6 N–H and O–H groups in total. The molecule has 6 nitrogen and oxygen atoms in total. The number of carbonyl (C=O) groups is 1. The molecule has 1 amide bonds. The van der Waals surface area contributed by atoms with Crippen LogP contribution < -0.4 is 16.8 Å². The second-order valence-electron chi connectivity index (χ2n) is 4.95. The fourth-order valence-corrected chi connectivity index (χ4v) is 2.09. The number of carbonyl (C=O) groups excluding carboxylic acids is 1. The molecule has 0 saturated heterocycles. The summed E-state index contributed by atoms with van der Waals surface area (Å²) < 4.78 is 0. The molecule has 2 aromatic rings. The minimum atomic E-state index is -0.265. The molecule has 0 bridgehead atoms. The normalized spacial score (nSPS) is 11.5. The highest BCUT2D eigenvalue weighted by molar-refractivity contribution is 6.10. The van der Waals surface area contributed by atoms with Gasteiger partial charge in [-0.05, 0) is 35.4 Å². The van der Waals surface area contributed by atoms with Crippen molar-refractivity contribution in [2.75, 3.05) is 5.32 Å². The maximum absolute atomic E-state index is 12.0. The molecule has 2 rings (SSSR count). The van der Waals surface area contributed by atoms with Gasteiger partial charge >= 0.3 is 0 Å². The largest absolute Gasteiger partial charge is 0.404 e. The van der Waals surface area contributed by atoms with E-state index in [1.807, 2.05) is 12.1 Å². The lowest BCUT2D eigenvalue weighted by molar-refractivity contribution is -0.111. The lowest BCUT2D eigenvalue weighted by Crippen LogP contribution is -2.08. The number of pyridine rings is 1. The second kappa shape index (κ2) is 8.40. The minimum absolute atomic E-state index is 0.265. The Kier molecular flexibility index (Phi) is 5.99. The zero-order valence-electron chi connectivity index (χ0n) is 13.1. The lowest BCUT2D eigenvalue weighted by Gasteiger charge is -2.06. The predicted octanol–water partition coefficient (Wildman–Crippen LogP) is 2.14. The van der Waals surface area contributed by atoms with Crippen molar-refractivity contribution in [1.29, 1.82) is 5.41 Å². The summed E-state index contributed by atoms with van der Waals surface area (Å²) in [5.74, 6) is -0.265.